The number of anilines is 1. The van der Waals surface area contributed by atoms with Crippen LogP contribution in [0.25, 0.3) is 0 Å². The summed E-state index contributed by atoms with van der Waals surface area (Å²) in [5, 5.41) is 3.04. The van der Waals surface area contributed by atoms with Crippen LogP contribution in [0.1, 0.15) is 42.9 Å². The zero-order valence-electron chi connectivity index (χ0n) is 14.0. The van der Waals surface area contributed by atoms with Crippen LogP contribution < -0.4 is 5.32 Å². The summed E-state index contributed by atoms with van der Waals surface area (Å²) in [4.78, 5) is 14.9. The molecule has 0 radical (unpaired) electrons. The minimum absolute atomic E-state index is 0.00945. The van der Waals surface area contributed by atoms with Crippen molar-refractivity contribution in [1.82, 2.24) is 4.90 Å². The van der Waals surface area contributed by atoms with Crippen LogP contribution in [0.3, 0.4) is 0 Å². The number of benzene rings is 2. The smallest absolute Gasteiger partial charge is 0.317 e. The predicted molar refractivity (Wildman–Crippen MR) is 102 cm³/mol. The molecule has 2 amide bonds. The Morgan fingerprint density at radius 3 is 2.46 bits per heavy atom. The van der Waals surface area contributed by atoms with Crippen molar-refractivity contribution < 1.29 is 4.79 Å². The van der Waals surface area contributed by atoms with Crippen molar-refractivity contribution in [3.05, 3.63) is 64.1 Å². The fourth-order valence-corrected chi connectivity index (χ4v) is 3.48. The lowest BCUT2D eigenvalue weighted by atomic mass is 10.00. The second-order valence-corrected chi connectivity index (χ2v) is 7.32. The van der Waals surface area contributed by atoms with Crippen molar-refractivity contribution in [2.45, 2.75) is 38.6 Å². The highest BCUT2D eigenvalue weighted by atomic mass is 79.9. The molecule has 1 atom stereocenters. The van der Waals surface area contributed by atoms with Crippen LogP contribution >= 0.6 is 15.9 Å². The second-order valence-electron chi connectivity index (χ2n) is 6.41. The van der Waals surface area contributed by atoms with Crippen molar-refractivity contribution in [2.75, 3.05) is 11.9 Å². The van der Waals surface area contributed by atoms with Gasteiger partial charge >= 0.3 is 6.03 Å². The van der Waals surface area contributed by atoms with Crippen LogP contribution in [0.4, 0.5) is 10.5 Å². The molecule has 1 saturated heterocycles. The highest BCUT2D eigenvalue weighted by molar-refractivity contribution is 9.10. The van der Waals surface area contributed by atoms with Gasteiger partial charge in [0.25, 0.3) is 0 Å². The van der Waals surface area contributed by atoms with Gasteiger partial charge in [-0.15, -0.1) is 0 Å². The third kappa shape index (κ3) is 4.18. The number of carbonyl (C=O) groups excluding carboxylic acids is 1. The first-order valence-electron chi connectivity index (χ1n) is 8.53. The normalized spacial score (nSPS) is 18.1. The molecule has 1 aliphatic rings. The number of halogens is 1. The second kappa shape index (κ2) is 7.84. The van der Waals surface area contributed by atoms with Gasteiger partial charge in [0.2, 0.25) is 0 Å². The summed E-state index contributed by atoms with van der Waals surface area (Å²) < 4.78 is 1.01. The molecular weight excluding hydrogens is 364 g/mol. The van der Waals surface area contributed by atoms with Crippen LogP contribution in [0.5, 0.6) is 0 Å². The molecule has 0 bridgehead atoms. The molecule has 2 aromatic carbocycles. The van der Waals surface area contributed by atoms with Gasteiger partial charge in [0.05, 0.1) is 6.04 Å². The van der Waals surface area contributed by atoms with Crippen LogP contribution in [-0.4, -0.2) is 17.5 Å². The number of hydrogen-bond acceptors (Lipinski definition) is 1. The molecule has 0 saturated carbocycles. The summed E-state index contributed by atoms with van der Waals surface area (Å²) >= 11 is 3.42. The van der Waals surface area contributed by atoms with Gasteiger partial charge in [-0.1, -0.05) is 58.6 Å². The van der Waals surface area contributed by atoms with E-state index in [1.165, 1.54) is 24.0 Å². The number of carbonyl (C=O) groups is 1. The van der Waals surface area contributed by atoms with Gasteiger partial charge in [0.1, 0.15) is 0 Å². The van der Waals surface area contributed by atoms with Crippen molar-refractivity contribution in [3.63, 3.8) is 0 Å². The quantitative estimate of drug-likeness (QED) is 0.683. The first-order valence-corrected chi connectivity index (χ1v) is 9.32. The summed E-state index contributed by atoms with van der Waals surface area (Å²) in [7, 11) is 0. The molecule has 1 heterocycles. The molecule has 2 aromatic rings. The summed E-state index contributed by atoms with van der Waals surface area (Å²) in [5.41, 5.74) is 3.31. The summed E-state index contributed by atoms with van der Waals surface area (Å²) in [6.45, 7) is 2.90. The van der Waals surface area contributed by atoms with Crippen molar-refractivity contribution in [3.8, 4) is 0 Å². The number of nitrogens with one attached hydrogen (secondary N) is 1. The Bertz CT molecular complexity index is 682. The lowest BCUT2D eigenvalue weighted by Crippen LogP contribution is -2.38. The maximum Gasteiger partial charge on any atom is 0.322 e. The lowest BCUT2D eigenvalue weighted by Gasteiger charge is -2.30. The van der Waals surface area contributed by atoms with Gasteiger partial charge in [0.15, 0.2) is 0 Å². The summed E-state index contributed by atoms with van der Waals surface area (Å²) in [5.74, 6) is 0. The minimum atomic E-state index is -0.00945. The Hall–Kier alpha value is -1.81. The van der Waals surface area contributed by atoms with Crippen LogP contribution in [0, 0.1) is 6.92 Å². The molecule has 126 valence electrons. The zero-order valence-corrected chi connectivity index (χ0v) is 15.6. The van der Waals surface area contributed by atoms with Crippen molar-refractivity contribution in [1.29, 1.82) is 0 Å². The van der Waals surface area contributed by atoms with Crippen molar-refractivity contribution >= 4 is 27.6 Å². The van der Waals surface area contributed by atoms with E-state index in [0.717, 1.165) is 29.5 Å². The first kappa shape index (κ1) is 17.0. The van der Waals surface area contributed by atoms with E-state index in [0.29, 0.717) is 0 Å². The van der Waals surface area contributed by atoms with Gasteiger partial charge in [-0.05, 0) is 49.6 Å². The summed E-state index contributed by atoms with van der Waals surface area (Å²) in [6, 6.07) is 16.4. The van der Waals surface area contributed by atoms with Gasteiger partial charge in [-0.25, -0.2) is 4.79 Å². The maximum atomic E-state index is 12.9. The maximum absolute atomic E-state index is 12.9. The van der Waals surface area contributed by atoms with E-state index < -0.39 is 0 Å². The third-order valence-electron chi connectivity index (χ3n) is 4.57. The number of amides is 2. The Balaban J connectivity index is 1.79. The topological polar surface area (TPSA) is 32.3 Å². The monoisotopic (exact) mass is 386 g/mol. The molecule has 1 N–H and O–H groups in total. The fourth-order valence-electron chi connectivity index (χ4n) is 3.22. The SMILES string of the molecule is Cc1ccc(C2CCCCCN2C(=O)Nc2ccc(Br)cc2)cc1. The number of rotatable bonds is 2. The number of aryl methyl sites for hydroxylation is 1. The molecule has 4 heteroatoms. The van der Waals surface area contributed by atoms with E-state index in [1.807, 2.05) is 29.2 Å². The molecule has 0 aromatic heterocycles. The average molecular weight is 387 g/mol. The molecule has 1 unspecified atom stereocenters. The predicted octanol–water partition coefficient (Wildman–Crippen LogP) is 5.91. The fraction of sp³-hybridized carbons (Fsp3) is 0.350. The number of urea groups is 1. The number of likely N-dealkylation sites (tertiary alicyclic amines) is 1. The van der Waals surface area contributed by atoms with Gasteiger partial charge in [-0.2, -0.15) is 0 Å². The van der Waals surface area contributed by atoms with E-state index in [9.17, 15) is 4.79 Å². The Kier molecular flexibility index (Phi) is 5.56. The van der Waals surface area contributed by atoms with E-state index in [2.05, 4.69) is 52.4 Å². The van der Waals surface area contributed by atoms with Crippen LogP contribution in [-0.2, 0) is 0 Å². The van der Waals surface area contributed by atoms with Crippen LogP contribution in [0.15, 0.2) is 53.0 Å². The zero-order chi connectivity index (χ0) is 16.9. The van der Waals surface area contributed by atoms with Crippen LogP contribution in [0.2, 0.25) is 0 Å². The average Bonchev–Trinajstić information content (AvgIpc) is 2.84. The Morgan fingerprint density at radius 1 is 1.04 bits per heavy atom. The Labute approximate surface area is 152 Å². The minimum Gasteiger partial charge on any atom is -0.317 e. The standard InChI is InChI=1S/C20H23BrN2O/c1-15-6-8-16(9-7-15)19-5-3-2-4-14-23(19)20(24)22-18-12-10-17(21)11-13-18/h6-13,19H,2-5,14H2,1H3,(H,22,24). The number of nitrogens with zero attached hydrogens (tertiary/aromatic N) is 1. The molecule has 0 aliphatic carbocycles. The van der Waals surface area contributed by atoms with Gasteiger partial charge in [-0.3, -0.25) is 0 Å². The number of hydrogen-bond donors (Lipinski definition) is 1. The Morgan fingerprint density at radius 2 is 1.75 bits per heavy atom. The van der Waals surface area contributed by atoms with E-state index in [1.54, 1.807) is 0 Å². The molecule has 0 spiro atoms. The highest BCUT2D eigenvalue weighted by Crippen LogP contribution is 2.31. The van der Waals surface area contributed by atoms with E-state index >= 15 is 0 Å². The molecule has 1 aliphatic heterocycles. The molecular formula is C20H23BrN2O. The van der Waals surface area contributed by atoms with Crippen molar-refractivity contribution in [2.24, 2.45) is 0 Å². The largest absolute Gasteiger partial charge is 0.322 e. The first-order chi connectivity index (χ1) is 11.6. The lowest BCUT2D eigenvalue weighted by molar-refractivity contribution is 0.189. The molecule has 3 nitrogen and oxygen atoms in total. The summed E-state index contributed by atoms with van der Waals surface area (Å²) in [6.07, 6.45) is 4.44. The van der Waals surface area contributed by atoms with E-state index in [-0.39, 0.29) is 12.1 Å². The van der Waals surface area contributed by atoms with E-state index in [4.69, 9.17) is 0 Å². The molecule has 24 heavy (non-hydrogen) atoms. The van der Waals surface area contributed by atoms with Gasteiger partial charge in [0, 0.05) is 16.7 Å². The molecule has 1 fully saturated rings. The molecule has 3 rings (SSSR count). The van der Waals surface area contributed by atoms with Gasteiger partial charge < -0.3 is 10.2 Å². The highest BCUT2D eigenvalue weighted by Gasteiger charge is 2.26. The third-order valence-corrected chi connectivity index (χ3v) is 5.10.